The van der Waals surface area contributed by atoms with Gasteiger partial charge in [-0.1, -0.05) is 12.1 Å². The fourth-order valence-electron chi connectivity index (χ4n) is 1.92. The molecule has 2 amide bonds. The van der Waals surface area contributed by atoms with Gasteiger partial charge in [0.25, 0.3) is 5.91 Å². The molecule has 0 saturated heterocycles. The first-order valence-corrected chi connectivity index (χ1v) is 7.29. The third kappa shape index (κ3) is 5.14. The second-order valence-electron chi connectivity index (χ2n) is 6.09. The van der Waals surface area contributed by atoms with Crippen LogP contribution in [0.3, 0.4) is 0 Å². The van der Waals surface area contributed by atoms with Gasteiger partial charge < -0.3 is 15.1 Å². The Morgan fingerprint density at radius 3 is 2.48 bits per heavy atom. The van der Waals surface area contributed by atoms with Crippen molar-refractivity contribution in [2.24, 2.45) is 0 Å². The zero-order chi connectivity index (χ0) is 16.9. The molecule has 23 heavy (non-hydrogen) atoms. The molecule has 0 aliphatic heterocycles. The summed E-state index contributed by atoms with van der Waals surface area (Å²) in [6.45, 7) is 5.70. The number of benzene rings is 1. The SMILES string of the molecule is CC(C)(C)NC(=O)c1ccccc1NC(=O)C=Cc1ccco1. The summed E-state index contributed by atoms with van der Waals surface area (Å²) < 4.78 is 5.12. The predicted molar refractivity (Wildman–Crippen MR) is 90.0 cm³/mol. The lowest BCUT2D eigenvalue weighted by atomic mass is 10.1. The van der Waals surface area contributed by atoms with Gasteiger partial charge in [0.15, 0.2) is 0 Å². The van der Waals surface area contributed by atoms with Crippen molar-refractivity contribution < 1.29 is 14.0 Å². The summed E-state index contributed by atoms with van der Waals surface area (Å²) in [6, 6.07) is 10.4. The molecule has 2 rings (SSSR count). The molecule has 0 unspecified atom stereocenters. The third-order valence-corrected chi connectivity index (χ3v) is 2.86. The number of hydrogen-bond acceptors (Lipinski definition) is 3. The van der Waals surface area contributed by atoms with Crippen LogP contribution in [0.5, 0.6) is 0 Å². The van der Waals surface area contributed by atoms with Crippen LogP contribution in [0.4, 0.5) is 5.69 Å². The van der Waals surface area contributed by atoms with Gasteiger partial charge in [0.2, 0.25) is 5.91 Å². The number of amides is 2. The molecule has 0 fully saturated rings. The minimum atomic E-state index is -0.354. The van der Waals surface area contributed by atoms with Gasteiger partial charge in [0.05, 0.1) is 17.5 Å². The summed E-state index contributed by atoms with van der Waals surface area (Å²) in [5.74, 6) is 0.0136. The number of furan rings is 1. The average Bonchev–Trinajstić information content (AvgIpc) is 2.97. The van der Waals surface area contributed by atoms with E-state index in [-0.39, 0.29) is 17.4 Å². The van der Waals surface area contributed by atoms with Crippen molar-refractivity contribution in [2.75, 3.05) is 5.32 Å². The Balaban J connectivity index is 2.11. The lowest BCUT2D eigenvalue weighted by Crippen LogP contribution is -2.40. The molecule has 0 aliphatic rings. The van der Waals surface area contributed by atoms with Crippen LogP contribution < -0.4 is 10.6 Å². The van der Waals surface area contributed by atoms with Crippen molar-refractivity contribution in [1.82, 2.24) is 5.32 Å². The fourth-order valence-corrected chi connectivity index (χ4v) is 1.92. The van der Waals surface area contributed by atoms with Gasteiger partial charge >= 0.3 is 0 Å². The largest absolute Gasteiger partial charge is 0.465 e. The summed E-state index contributed by atoms with van der Waals surface area (Å²) in [5.41, 5.74) is 0.526. The van der Waals surface area contributed by atoms with Crippen LogP contribution in [-0.4, -0.2) is 17.4 Å². The van der Waals surface area contributed by atoms with Gasteiger partial charge in [-0.05, 0) is 51.1 Å². The molecule has 1 aromatic heterocycles. The van der Waals surface area contributed by atoms with Gasteiger partial charge in [0.1, 0.15) is 5.76 Å². The quantitative estimate of drug-likeness (QED) is 0.849. The second-order valence-corrected chi connectivity index (χ2v) is 6.09. The number of carbonyl (C=O) groups is 2. The molecule has 2 N–H and O–H groups in total. The van der Waals surface area contributed by atoms with Crippen LogP contribution in [0.25, 0.3) is 6.08 Å². The maximum Gasteiger partial charge on any atom is 0.253 e. The van der Waals surface area contributed by atoms with Gasteiger partial charge in [-0.15, -0.1) is 0 Å². The van der Waals surface area contributed by atoms with Crippen molar-refractivity contribution in [1.29, 1.82) is 0 Å². The Kier molecular flexibility index (Phi) is 5.01. The standard InChI is InChI=1S/C18H20N2O3/c1-18(2,3)20-17(22)14-8-4-5-9-15(14)19-16(21)11-10-13-7-6-12-23-13/h4-12H,1-3H3,(H,19,21)(H,20,22). The highest BCUT2D eigenvalue weighted by Gasteiger charge is 2.18. The molecular weight excluding hydrogens is 292 g/mol. The number of rotatable bonds is 4. The molecule has 5 nitrogen and oxygen atoms in total. The topological polar surface area (TPSA) is 71.3 Å². The molecule has 0 atom stereocenters. The molecule has 0 bridgehead atoms. The van der Waals surface area contributed by atoms with Crippen LogP contribution in [0.15, 0.2) is 53.2 Å². The zero-order valence-corrected chi connectivity index (χ0v) is 13.4. The zero-order valence-electron chi connectivity index (χ0n) is 13.4. The Labute approximate surface area is 135 Å². The summed E-state index contributed by atoms with van der Waals surface area (Å²) >= 11 is 0. The lowest BCUT2D eigenvalue weighted by Gasteiger charge is -2.21. The van der Waals surface area contributed by atoms with E-state index in [0.717, 1.165) is 0 Å². The molecule has 0 spiro atoms. The molecule has 2 aromatic rings. The second kappa shape index (κ2) is 6.96. The molecular formula is C18H20N2O3. The Morgan fingerprint density at radius 1 is 1.09 bits per heavy atom. The fraction of sp³-hybridized carbons (Fsp3) is 0.222. The first-order chi connectivity index (χ1) is 10.8. The van der Waals surface area contributed by atoms with Crippen LogP contribution in [0, 0.1) is 0 Å². The van der Waals surface area contributed by atoms with Crippen molar-refractivity contribution >= 4 is 23.6 Å². The lowest BCUT2D eigenvalue weighted by molar-refractivity contribution is -0.111. The van der Waals surface area contributed by atoms with E-state index in [1.807, 2.05) is 20.8 Å². The number of anilines is 1. The maximum atomic E-state index is 12.3. The van der Waals surface area contributed by atoms with E-state index in [1.165, 1.54) is 12.3 Å². The number of hydrogen-bond donors (Lipinski definition) is 2. The van der Waals surface area contributed by atoms with Crippen molar-refractivity contribution in [3.8, 4) is 0 Å². The van der Waals surface area contributed by atoms with E-state index in [9.17, 15) is 9.59 Å². The Morgan fingerprint density at radius 2 is 1.83 bits per heavy atom. The summed E-state index contributed by atoms with van der Waals surface area (Å²) in [6.07, 6.45) is 4.45. The van der Waals surface area contributed by atoms with Crippen LogP contribution in [-0.2, 0) is 4.79 Å². The van der Waals surface area contributed by atoms with Crippen LogP contribution in [0.2, 0.25) is 0 Å². The molecule has 120 valence electrons. The molecule has 0 aliphatic carbocycles. The first-order valence-electron chi connectivity index (χ1n) is 7.29. The molecule has 1 aromatic carbocycles. The van der Waals surface area contributed by atoms with Crippen LogP contribution >= 0.6 is 0 Å². The Bertz CT molecular complexity index is 710. The van der Waals surface area contributed by atoms with Crippen molar-refractivity contribution in [3.63, 3.8) is 0 Å². The van der Waals surface area contributed by atoms with E-state index in [2.05, 4.69) is 10.6 Å². The summed E-state index contributed by atoms with van der Waals surface area (Å²) in [4.78, 5) is 24.3. The maximum absolute atomic E-state index is 12.3. The summed E-state index contributed by atoms with van der Waals surface area (Å²) in [5, 5.41) is 5.59. The molecule has 5 heteroatoms. The van der Waals surface area contributed by atoms with Gasteiger partial charge in [0, 0.05) is 11.6 Å². The van der Waals surface area contributed by atoms with Crippen LogP contribution in [0.1, 0.15) is 36.9 Å². The van der Waals surface area contributed by atoms with Crippen molar-refractivity contribution in [2.45, 2.75) is 26.3 Å². The summed E-state index contributed by atoms with van der Waals surface area (Å²) in [7, 11) is 0. The van der Waals surface area contributed by atoms with E-state index in [0.29, 0.717) is 17.0 Å². The Hall–Kier alpha value is -2.82. The minimum absolute atomic E-state index is 0.233. The third-order valence-electron chi connectivity index (χ3n) is 2.86. The highest BCUT2D eigenvalue weighted by molar-refractivity contribution is 6.07. The van der Waals surface area contributed by atoms with Gasteiger partial charge in [-0.2, -0.15) is 0 Å². The van der Waals surface area contributed by atoms with E-state index >= 15 is 0 Å². The first kappa shape index (κ1) is 16.5. The normalized spacial score (nSPS) is 11.4. The van der Waals surface area contributed by atoms with Gasteiger partial charge in [-0.25, -0.2) is 0 Å². The van der Waals surface area contributed by atoms with Gasteiger partial charge in [-0.3, -0.25) is 9.59 Å². The van der Waals surface area contributed by atoms with E-state index in [4.69, 9.17) is 4.42 Å². The van der Waals surface area contributed by atoms with Crippen molar-refractivity contribution in [3.05, 3.63) is 60.1 Å². The van der Waals surface area contributed by atoms with E-state index < -0.39 is 0 Å². The minimum Gasteiger partial charge on any atom is -0.465 e. The molecule has 0 saturated carbocycles. The predicted octanol–water partition coefficient (Wildman–Crippen LogP) is 3.46. The highest BCUT2D eigenvalue weighted by atomic mass is 16.3. The number of nitrogens with one attached hydrogen (secondary N) is 2. The number of carbonyl (C=O) groups excluding carboxylic acids is 2. The highest BCUT2D eigenvalue weighted by Crippen LogP contribution is 2.16. The average molecular weight is 312 g/mol. The van der Waals surface area contributed by atoms with E-state index in [1.54, 1.807) is 42.5 Å². The number of para-hydroxylation sites is 1. The molecule has 0 radical (unpaired) electrons. The monoisotopic (exact) mass is 312 g/mol. The molecule has 1 heterocycles. The smallest absolute Gasteiger partial charge is 0.253 e.